The van der Waals surface area contributed by atoms with E-state index in [2.05, 4.69) is 15.9 Å². The molecule has 1 fully saturated rings. The summed E-state index contributed by atoms with van der Waals surface area (Å²) in [7, 11) is 0. The Hall–Kier alpha value is -0.580. The highest BCUT2D eigenvalue weighted by molar-refractivity contribution is 9.10. The van der Waals surface area contributed by atoms with Gasteiger partial charge in [-0.15, -0.1) is 0 Å². The summed E-state index contributed by atoms with van der Waals surface area (Å²) in [5.41, 5.74) is 0.543. The van der Waals surface area contributed by atoms with Gasteiger partial charge in [-0.3, -0.25) is 4.79 Å². The number of carbonyl (C=O) groups excluding carboxylic acids is 1. The van der Waals surface area contributed by atoms with Crippen LogP contribution in [-0.4, -0.2) is 35.1 Å². The summed E-state index contributed by atoms with van der Waals surface area (Å²) in [5, 5.41) is 9.92. The number of benzene rings is 1. The van der Waals surface area contributed by atoms with Crippen LogP contribution < -0.4 is 0 Å². The molecule has 0 bridgehead atoms. The molecular formula is C11H11BrClNO2. The first-order valence-electron chi connectivity index (χ1n) is 5.00. The quantitative estimate of drug-likeness (QED) is 0.865. The van der Waals surface area contributed by atoms with E-state index in [-0.39, 0.29) is 5.91 Å². The fourth-order valence-electron chi connectivity index (χ4n) is 1.76. The Kier molecular flexibility index (Phi) is 3.52. The maximum Gasteiger partial charge on any atom is 0.255 e. The summed E-state index contributed by atoms with van der Waals surface area (Å²) in [6, 6.07) is 5.11. The minimum atomic E-state index is -0.401. The number of likely N-dealkylation sites (tertiary alicyclic amines) is 1. The van der Waals surface area contributed by atoms with Gasteiger partial charge in [-0.05, 0) is 40.5 Å². The molecule has 1 amide bonds. The van der Waals surface area contributed by atoms with E-state index in [0.717, 1.165) is 4.47 Å². The minimum Gasteiger partial charge on any atom is -0.391 e. The summed E-state index contributed by atoms with van der Waals surface area (Å²) in [6.07, 6.45) is 0.242. The maximum absolute atomic E-state index is 12.1. The monoisotopic (exact) mass is 303 g/mol. The Morgan fingerprint density at radius 1 is 1.56 bits per heavy atom. The Morgan fingerprint density at radius 2 is 2.31 bits per heavy atom. The van der Waals surface area contributed by atoms with Crippen molar-refractivity contribution >= 4 is 33.4 Å². The van der Waals surface area contributed by atoms with Crippen LogP contribution in [0.15, 0.2) is 22.7 Å². The van der Waals surface area contributed by atoms with Gasteiger partial charge in [-0.1, -0.05) is 11.6 Å². The minimum absolute atomic E-state index is 0.0917. The summed E-state index contributed by atoms with van der Waals surface area (Å²) in [6.45, 7) is 0.997. The molecule has 86 valence electrons. The predicted molar refractivity (Wildman–Crippen MR) is 65.7 cm³/mol. The molecule has 1 heterocycles. The Morgan fingerprint density at radius 3 is 2.94 bits per heavy atom. The molecule has 3 nitrogen and oxygen atoms in total. The highest BCUT2D eigenvalue weighted by Crippen LogP contribution is 2.24. The molecule has 0 spiro atoms. The lowest BCUT2D eigenvalue weighted by molar-refractivity contribution is 0.0764. The van der Waals surface area contributed by atoms with E-state index in [0.29, 0.717) is 30.1 Å². The van der Waals surface area contributed by atoms with Crippen LogP contribution in [0.5, 0.6) is 0 Å². The Balaban J connectivity index is 2.23. The van der Waals surface area contributed by atoms with Crippen molar-refractivity contribution in [3.63, 3.8) is 0 Å². The van der Waals surface area contributed by atoms with Crippen molar-refractivity contribution in [3.8, 4) is 0 Å². The molecule has 0 unspecified atom stereocenters. The van der Waals surface area contributed by atoms with Gasteiger partial charge in [-0.25, -0.2) is 0 Å². The van der Waals surface area contributed by atoms with Crippen molar-refractivity contribution in [1.82, 2.24) is 4.90 Å². The number of carbonyl (C=O) groups is 1. The van der Waals surface area contributed by atoms with E-state index in [9.17, 15) is 9.90 Å². The van der Waals surface area contributed by atoms with E-state index >= 15 is 0 Å². The average molecular weight is 305 g/mol. The smallest absolute Gasteiger partial charge is 0.255 e. The molecule has 1 aliphatic rings. The van der Waals surface area contributed by atoms with Crippen LogP contribution in [0.4, 0.5) is 0 Å². The van der Waals surface area contributed by atoms with Gasteiger partial charge in [0.1, 0.15) is 0 Å². The maximum atomic E-state index is 12.1. The van der Waals surface area contributed by atoms with Crippen LogP contribution >= 0.6 is 27.5 Å². The molecule has 0 aromatic heterocycles. The number of aliphatic hydroxyl groups is 1. The van der Waals surface area contributed by atoms with Crippen molar-refractivity contribution in [2.75, 3.05) is 13.1 Å². The third kappa shape index (κ3) is 2.39. The Labute approximate surface area is 107 Å². The lowest BCUT2D eigenvalue weighted by atomic mass is 10.2. The molecule has 0 saturated carbocycles. The van der Waals surface area contributed by atoms with E-state index in [1.807, 2.05) is 0 Å². The molecule has 5 heteroatoms. The third-order valence-corrected chi connectivity index (χ3v) is 3.54. The normalized spacial score (nSPS) is 20.2. The van der Waals surface area contributed by atoms with Crippen molar-refractivity contribution in [2.45, 2.75) is 12.5 Å². The summed E-state index contributed by atoms with van der Waals surface area (Å²) in [4.78, 5) is 13.7. The fraction of sp³-hybridized carbons (Fsp3) is 0.364. The number of aliphatic hydroxyl groups excluding tert-OH is 1. The van der Waals surface area contributed by atoms with E-state index in [4.69, 9.17) is 11.6 Å². The zero-order valence-corrected chi connectivity index (χ0v) is 10.8. The fourth-order valence-corrected chi connectivity index (χ4v) is 2.35. The van der Waals surface area contributed by atoms with Gasteiger partial charge in [0.2, 0.25) is 0 Å². The number of halogens is 2. The molecule has 16 heavy (non-hydrogen) atoms. The predicted octanol–water partition coefficient (Wildman–Crippen LogP) is 2.31. The van der Waals surface area contributed by atoms with Gasteiger partial charge in [0.15, 0.2) is 0 Å². The number of hydrogen-bond donors (Lipinski definition) is 1. The SMILES string of the molecule is O=C(c1cc(Cl)ccc1Br)N1CC[C@H](O)C1. The molecule has 1 N–H and O–H groups in total. The van der Waals surface area contributed by atoms with Crippen LogP contribution in [0.2, 0.25) is 5.02 Å². The number of nitrogens with zero attached hydrogens (tertiary/aromatic N) is 1. The first-order valence-corrected chi connectivity index (χ1v) is 6.17. The van der Waals surface area contributed by atoms with Crippen molar-refractivity contribution in [3.05, 3.63) is 33.3 Å². The van der Waals surface area contributed by atoms with Crippen LogP contribution in [0.25, 0.3) is 0 Å². The largest absolute Gasteiger partial charge is 0.391 e. The zero-order chi connectivity index (χ0) is 11.7. The summed E-state index contributed by atoms with van der Waals surface area (Å²) < 4.78 is 0.725. The van der Waals surface area contributed by atoms with E-state index < -0.39 is 6.10 Å². The molecule has 1 aromatic carbocycles. The Bertz CT molecular complexity index is 424. The topological polar surface area (TPSA) is 40.5 Å². The van der Waals surface area contributed by atoms with E-state index in [1.54, 1.807) is 23.1 Å². The second-order valence-electron chi connectivity index (χ2n) is 3.82. The molecule has 2 rings (SSSR count). The van der Waals surface area contributed by atoms with Crippen LogP contribution in [0, 0.1) is 0 Å². The van der Waals surface area contributed by atoms with Crippen LogP contribution in [-0.2, 0) is 0 Å². The van der Waals surface area contributed by atoms with Crippen LogP contribution in [0.3, 0.4) is 0 Å². The number of β-amino-alcohol motifs (C(OH)–C–C–N with tert-alkyl or cyclic N) is 1. The highest BCUT2D eigenvalue weighted by Gasteiger charge is 2.26. The number of hydrogen-bond acceptors (Lipinski definition) is 2. The standard InChI is InChI=1S/C11H11BrClNO2/c12-10-2-1-7(13)5-9(10)11(16)14-4-3-8(15)6-14/h1-2,5,8,15H,3-4,6H2/t8-/m0/s1. The summed E-state index contributed by atoms with van der Waals surface area (Å²) >= 11 is 9.18. The average Bonchev–Trinajstić information content (AvgIpc) is 2.67. The highest BCUT2D eigenvalue weighted by atomic mass is 79.9. The molecule has 1 saturated heterocycles. The van der Waals surface area contributed by atoms with Crippen molar-refractivity contribution in [2.24, 2.45) is 0 Å². The first-order chi connectivity index (χ1) is 7.58. The van der Waals surface area contributed by atoms with Crippen molar-refractivity contribution in [1.29, 1.82) is 0 Å². The second-order valence-corrected chi connectivity index (χ2v) is 5.11. The number of amides is 1. The second kappa shape index (κ2) is 4.73. The van der Waals surface area contributed by atoms with Crippen molar-refractivity contribution < 1.29 is 9.90 Å². The molecule has 1 atom stereocenters. The van der Waals surface area contributed by atoms with Gasteiger partial charge >= 0.3 is 0 Å². The van der Waals surface area contributed by atoms with Gasteiger partial charge in [0, 0.05) is 22.6 Å². The van der Waals surface area contributed by atoms with Gasteiger partial charge < -0.3 is 10.0 Å². The van der Waals surface area contributed by atoms with E-state index in [1.165, 1.54) is 0 Å². The first kappa shape index (κ1) is 11.9. The van der Waals surface area contributed by atoms with Gasteiger partial charge in [-0.2, -0.15) is 0 Å². The van der Waals surface area contributed by atoms with Gasteiger partial charge in [0.25, 0.3) is 5.91 Å². The lowest BCUT2D eigenvalue weighted by Gasteiger charge is -2.16. The summed E-state index contributed by atoms with van der Waals surface area (Å²) in [5.74, 6) is -0.0917. The molecule has 1 aliphatic heterocycles. The molecule has 0 radical (unpaired) electrons. The molecule has 0 aliphatic carbocycles. The number of rotatable bonds is 1. The van der Waals surface area contributed by atoms with Gasteiger partial charge in [0.05, 0.1) is 11.7 Å². The lowest BCUT2D eigenvalue weighted by Crippen LogP contribution is -2.29. The third-order valence-electron chi connectivity index (χ3n) is 2.61. The van der Waals surface area contributed by atoms with Crippen LogP contribution in [0.1, 0.15) is 16.8 Å². The zero-order valence-electron chi connectivity index (χ0n) is 8.49. The molecule has 1 aromatic rings. The molecular weight excluding hydrogens is 293 g/mol.